The number of nitrogens with zero attached hydrogens (tertiary/aromatic N) is 3. The van der Waals surface area contributed by atoms with Crippen molar-refractivity contribution in [2.24, 2.45) is 0 Å². The molecule has 0 spiro atoms. The molecule has 1 N–H and O–H groups in total. The molecule has 29 heavy (non-hydrogen) atoms. The lowest BCUT2D eigenvalue weighted by atomic mass is 10.0. The second kappa shape index (κ2) is 8.00. The Hall–Kier alpha value is -2.65. The Kier molecular flexibility index (Phi) is 5.42. The van der Waals surface area contributed by atoms with Gasteiger partial charge in [0.15, 0.2) is 11.5 Å². The highest BCUT2D eigenvalue weighted by molar-refractivity contribution is 9.10. The molecule has 0 aliphatic carbocycles. The first-order chi connectivity index (χ1) is 14.0. The van der Waals surface area contributed by atoms with E-state index < -0.39 is 5.82 Å². The third kappa shape index (κ3) is 3.79. The lowest BCUT2D eigenvalue weighted by Gasteiger charge is -2.25. The average Bonchev–Trinajstić information content (AvgIpc) is 3.15. The zero-order valence-corrected chi connectivity index (χ0v) is 17.5. The molecule has 1 atom stereocenters. The van der Waals surface area contributed by atoms with Crippen molar-refractivity contribution in [1.82, 2.24) is 14.8 Å². The van der Waals surface area contributed by atoms with Gasteiger partial charge in [-0.2, -0.15) is 10.1 Å². The number of amides is 1. The predicted octanol–water partition coefficient (Wildman–Crippen LogP) is 4.35. The van der Waals surface area contributed by atoms with Gasteiger partial charge >= 0.3 is 0 Å². The first-order valence-corrected chi connectivity index (χ1v) is 9.77. The number of fused-ring (bicyclic) bond motifs is 1. The Morgan fingerprint density at radius 3 is 3.00 bits per heavy atom. The van der Waals surface area contributed by atoms with Crippen molar-refractivity contribution >= 4 is 39.4 Å². The molecule has 1 aliphatic rings. The minimum absolute atomic E-state index is 0.0706. The maximum atomic E-state index is 14.0. The minimum atomic E-state index is -0.448. The third-order valence-corrected chi connectivity index (χ3v) is 5.50. The summed E-state index contributed by atoms with van der Waals surface area (Å²) in [5, 5.41) is 7.16. The van der Waals surface area contributed by atoms with Crippen molar-refractivity contribution in [3.63, 3.8) is 0 Å². The molecule has 1 aliphatic heterocycles. The van der Waals surface area contributed by atoms with E-state index in [1.165, 1.54) is 25.6 Å². The molecule has 1 amide bonds. The molecule has 0 unspecified atom stereocenters. The number of ether oxygens (including phenoxy) is 2. The molecule has 2 heterocycles. The second-order valence-corrected chi connectivity index (χ2v) is 7.58. The van der Waals surface area contributed by atoms with Gasteiger partial charge in [0.2, 0.25) is 11.9 Å². The van der Waals surface area contributed by atoms with Crippen molar-refractivity contribution in [2.45, 2.75) is 19.1 Å². The van der Waals surface area contributed by atoms with Gasteiger partial charge in [0.25, 0.3) is 0 Å². The summed E-state index contributed by atoms with van der Waals surface area (Å²) in [5.41, 5.74) is 1.04. The maximum Gasteiger partial charge on any atom is 0.229 e. The van der Waals surface area contributed by atoms with Gasteiger partial charge in [0, 0.05) is 5.56 Å². The molecule has 2 aromatic carbocycles. The monoisotopic (exact) mass is 480 g/mol. The van der Waals surface area contributed by atoms with Crippen LogP contribution in [-0.4, -0.2) is 27.8 Å². The van der Waals surface area contributed by atoms with Crippen molar-refractivity contribution in [1.29, 1.82) is 0 Å². The van der Waals surface area contributed by atoms with Gasteiger partial charge in [0.05, 0.1) is 29.1 Å². The molecule has 1 aromatic heterocycles. The van der Waals surface area contributed by atoms with E-state index in [9.17, 15) is 9.18 Å². The fourth-order valence-corrected chi connectivity index (χ4v) is 3.94. The van der Waals surface area contributed by atoms with E-state index in [-0.39, 0.29) is 35.6 Å². The van der Waals surface area contributed by atoms with Crippen LogP contribution in [0.5, 0.6) is 11.5 Å². The van der Waals surface area contributed by atoms with Gasteiger partial charge < -0.3 is 9.47 Å². The smallest absolute Gasteiger partial charge is 0.229 e. The van der Waals surface area contributed by atoms with Crippen molar-refractivity contribution in [3.8, 4) is 11.5 Å². The molecular formula is C19H15BrClFN4O3. The summed E-state index contributed by atoms with van der Waals surface area (Å²) in [4.78, 5) is 16.1. The zero-order chi connectivity index (χ0) is 20.5. The molecule has 0 fully saturated rings. The summed E-state index contributed by atoms with van der Waals surface area (Å²) < 4.78 is 27.5. The van der Waals surface area contributed by atoms with Gasteiger partial charge in [-0.05, 0) is 45.8 Å². The fraction of sp³-hybridized carbons (Fsp3) is 0.211. The Morgan fingerprint density at radius 1 is 1.41 bits per heavy atom. The molecule has 7 nitrogen and oxygen atoms in total. The first-order valence-electron chi connectivity index (χ1n) is 8.60. The van der Waals surface area contributed by atoms with Crippen LogP contribution in [0, 0.1) is 5.82 Å². The number of benzene rings is 2. The normalized spacial score (nSPS) is 15.6. The van der Waals surface area contributed by atoms with Crippen molar-refractivity contribution < 1.29 is 18.7 Å². The molecule has 0 radical (unpaired) electrons. The highest BCUT2D eigenvalue weighted by Crippen LogP contribution is 2.41. The number of carbonyl (C=O) groups excluding carboxylic acids is 1. The topological polar surface area (TPSA) is 78.3 Å². The Labute approximate surface area is 178 Å². The van der Waals surface area contributed by atoms with E-state index in [0.717, 1.165) is 5.56 Å². The Morgan fingerprint density at radius 2 is 2.24 bits per heavy atom. The van der Waals surface area contributed by atoms with E-state index in [0.29, 0.717) is 21.9 Å². The second-order valence-electron chi connectivity index (χ2n) is 6.32. The van der Waals surface area contributed by atoms with E-state index in [1.54, 1.807) is 16.8 Å². The lowest BCUT2D eigenvalue weighted by molar-refractivity contribution is -0.117. The van der Waals surface area contributed by atoms with E-state index in [4.69, 9.17) is 21.1 Å². The molecule has 0 saturated carbocycles. The van der Waals surface area contributed by atoms with E-state index in [2.05, 4.69) is 31.3 Å². The summed E-state index contributed by atoms with van der Waals surface area (Å²) in [6, 6.07) is 7.69. The van der Waals surface area contributed by atoms with Crippen LogP contribution >= 0.6 is 27.5 Å². The number of anilines is 1. The van der Waals surface area contributed by atoms with Crippen LogP contribution in [0.1, 0.15) is 23.6 Å². The summed E-state index contributed by atoms with van der Waals surface area (Å²) in [6.07, 6.45) is 1.59. The highest BCUT2D eigenvalue weighted by atomic mass is 79.9. The van der Waals surface area contributed by atoms with Gasteiger partial charge in [-0.15, -0.1) is 0 Å². The SMILES string of the molecule is COc1cc([C@H]2CC(=O)Nc3ncnn32)cc(Br)c1OCc1c(F)cccc1Cl. The number of methoxy groups -OCH3 is 1. The number of rotatable bonds is 5. The van der Waals surface area contributed by atoms with Crippen LogP contribution in [0.3, 0.4) is 0 Å². The predicted molar refractivity (Wildman–Crippen MR) is 108 cm³/mol. The minimum Gasteiger partial charge on any atom is -0.493 e. The fourth-order valence-electron chi connectivity index (χ4n) is 3.15. The summed E-state index contributed by atoms with van der Waals surface area (Å²) in [7, 11) is 1.50. The highest BCUT2D eigenvalue weighted by Gasteiger charge is 2.29. The number of hydrogen-bond donors (Lipinski definition) is 1. The van der Waals surface area contributed by atoms with Gasteiger partial charge in [-0.25, -0.2) is 9.07 Å². The first kappa shape index (κ1) is 19.7. The van der Waals surface area contributed by atoms with Crippen LogP contribution in [0.2, 0.25) is 5.02 Å². The third-order valence-electron chi connectivity index (χ3n) is 4.56. The number of nitrogens with one attached hydrogen (secondary N) is 1. The molecule has 0 bridgehead atoms. The summed E-state index contributed by atoms with van der Waals surface area (Å²) >= 11 is 9.55. The molecule has 10 heteroatoms. The molecule has 4 rings (SSSR count). The lowest BCUT2D eigenvalue weighted by Crippen LogP contribution is -2.29. The van der Waals surface area contributed by atoms with E-state index in [1.807, 2.05) is 6.07 Å². The Bertz CT molecular complexity index is 1070. The number of halogens is 3. The standard InChI is InChI=1S/C19H15BrClFN4O3/c1-28-16-6-10(15-7-17(27)25-19-23-9-24-26(15)19)5-12(20)18(16)29-8-11-13(21)3-2-4-14(11)22/h2-6,9,15H,7-8H2,1H3,(H,23,24,25,27)/t15-/m1/s1. The number of aromatic nitrogens is 3. The number of carbonyl (C=O) groups is 1. The van der Waals surface area contributed by atoms with E-state index >= 15 is 0 Å². The van der Waals surface area contributed by atoms with Crippen molar-refractivity contribution in [3.05, 3.63) is 63.1 Å². The van der Waals surface area contributed by atoms with Crippen LogP contribution in [0.15, 0.2) is 41.1 Å². The zero-order valence-electron chi connectivity index (χ0n) is 15.2. The van der Waals surface area contributed by atoms with Crippen LogP contribution < -0.4 is 14.8 Å². The molecule has 150 valence electrons. The van der Waals surface area contributed by atoms with Crippen LogP contribution in [0.25, 0.3) is 0 Å². The average molecular weight is 482 g/mol. The van der Waals surface area contributed by atoms with Gasteiger partial charge in [-0.1, -0.05) is 17.7 Å². The Balaban J connectivity index is 1.66. The van der Waals surface area contributed by atoms with Crippen LogP contribution in [0.4, 0.5) is 10.3 Å². The van der Waals surface area contributed by atoms with Gasteiger partial charge in [-0.3, -0.25) is 10.1 Å². The largest absolute Gasteiger partial charge is 0.493 e. The quantitative estimate of drug-likeness (QED) is 0.586. The number of hydrogen-bond acceptors (Lipinski definition) is 5. The van der Waals surface area contributed by atoms with Gasteiger partial charge in [0.1, 0.15) is 18.8 Å². The molecule has 3 aromatic rings. The van der Waals surface area contributed by atoms with Crippen molar-refractivity contribution in [2.75, 3.05) is 12.4 Å². The summed E-state index contributed by atoms with van der Waals surface area (Å²) in [5.74, 6) is 0.608. The van der Waals surface area contributed by atoms with Crippen LogP contribution in [-0.2, 0) is 11.4 Å². The molecule has 0 saturated heterocycles. The summed E-state index contributed by atoms with van der Waals surface area (Å²) in [6.45, 7) is -0.0706. The maximum absolute atomic E-state index is 14.0. The molecular weight excluding hydrogens is 467 g/mol.